The number of fused-ring (bicyclic) bond motifs is 1. The van der Waals surface area contributed by atoms with Crippen LogP contribution in [-0.2, 0) is 15.7 Å². The number of phenolic OH excluding ortho intramolecular Hbond substituents is 1. The van der Waals surface area contributed by atoms with Gasteiger partial charge in [-0.3, -0.25) is 4.79 Å². The number of ether oxygens (including phenoxy) is 1. The van der Waals surface area contributed by atoms with Crippen LogP contribution in [0.4, 0.5) is 18.9 Å². The van der Waals surface area contributed by atoms with Gasteiger partial charge in [0, 0.05) is 37.3 Å². The summed E-state index contributed by atoms with van der Waals surface area (Å²) < 4.78 is 44.0. The number of piperazine rings is 1. The van der Waals surface area contributed by atoms with Gasteiger partial charge in [0.1, 0.15) is 11.3 Å². The maximum Gasteiger partial charge on any atom is 0.416 e. The standard InChI is InChI=1S/C24H21F3N2O4/c25-24(26,27)17-5-3-6-18(14-17)28-10-12-29(13-11-28)21(30)15-33-23(32)20-9-8-16-4-1-2-7-19(16)22(20)31/h1-9,14,31H,10-13,15H2. The Hall–Kier alpha value is -3.75. The maximum absolute atomic E-state index is 12.9. The fraction of sp³-hybridized carbons (Fsp3) is 0.250. The van der Waals surface area contributed by atoms with Crippen LogP contribution in [-0.4, -0.2) is 54.7 Å². The van der Waals surface area contributed by atoms with E-state index in [0.29, 0.717) is 24.2 Å². The number of carbonyl (C=O) groups excluding carboxylic acids is 2. The van der Waals surface area contributed by atoms with Gasteiger partial charge >= 0.3 is 12.1 Å². The molecule has 6 nitrogen and oxygen atoms in total. The van der Waals surface area contributed by atoms with Crippen molar-refractivity contribution in [3.05, 3.63) is 71.8 Å². The highest BCUT2D eigenvalue weighted by molar-refractivity contribution is 6.01. The van der Waals surface area contributed by atoms with Gasteiger partial charge in [-0.1, -0.05) is 36.4 Å². The lowest BCUT2D eigenvalue weighted by Crippen LogP contribution is -2.50. The molecule has 0 unspecified atom stereocenters. The van der Waals surface area contributed by atoms with Crippen molar-refractivity contribution in [3.8, 4) is 5.75 Å². The molecule has 0 spiro atoms. The molecule has 9 heteroatoms. The first-order chi connectivity index (χ1) is 15.7. The highest BCUT2D eigenvalue weighted by Gasteiger charge is 2.31. The maximum atomic E-state index is 12.9. The summed E-state index contributed by atoms with van der Waals surface area (Å²) in [5.41, 5.74) is -0.312. The number of aromatic hydroxyl groups is 1. The Bertz CT molecular complexity index is 1190. The monoisotopic (exact) mass is 458 g/mol. The third kappa shape index (κ3) is 4.87. The molecular weight excluding hydrogens is 437 g/mol. The first kappa shape index (κ1) is 22.4. The molecule has 0 bridgehead atoms. The average Bonchev–Trinajstić information content (AvgIpc) is 2.82. The number of esters is 1. The largest absolute Gasteiger partial charge is 0.506 e. The lowest BCUT2D eigenvalue weighted by atomic mass is 10.1. The van der Waals surface area contributed by atoms with Crippen LogP contribution >= 0.6 is 0 Å². The Kier molecular flexibility index (Phi) is 6.13. The Morgan fingerprint density at radius 1 is 0.939 bits per heavy atom. The smallest absolute Gasteiger partial charge is 0.416 e. The van der Waals surface area contributed by atoms with Crippen LogP contribution in [0.25, 0.3) is 10.8 Å². The third-order valence-corrected chi connectivity index (χ3v) is 5.62. The van der Waals surface area contributed by atoms with Gasteiger partial charge in [0.25, 0.3) is 5.91 Å². The number of carbonyl (C=O) groups is 2. The molecule has 3 aromatic rings. The summed E-state index contributed by atoms with van der Waals surface area (Å²) in [5.74, 6) is -1.43. The predicted octanol–water partition coefficient (Wildman–Crippen LogP) is 4.07. The first-order valence-electron chi connectivity index (χ1n) is 10.3. The van der Waals surface area contributed by atoms with Gasteiger partial charge in [-0.2, -0.15) is 13.2 Å². The van der Waals surface area contributed by atoms with Crippen molar-refractivity contribution in [2.45, 2.75) is 6.18 Å². The normalized spacial score (nSPS) is 14.4. The van der Waals surface area contributed by atoms with Crippen molar-refractivity contribution < 1.29 is 32.6 Å². The average molecular weight is 458 g/mol. The van der Waals surface area contributed by atoms with E-state index in [0.717, 1.165) is 17.5 Å². The number of hydrogen-bond acceptors (Lipinski definition) is 5. The van der Waals surface area contributed by atoms with Crippen LogP contribution in [0, 0.1) is 0 Å². The van der Waals surface area contributed by atoms with Crippen LogP contribution < -0.4 is 4.90 Å². The van der Waals surface area contributed by atoms with E-state index >= 15 is 0 Å². The van der Waals surface area contributed by atoms with Crippen LogP contribution in [0.2, 0.25) is 0 Å². The third-order valence-electron chi connectivity index (χ3n) is 5.62. The second-order valence-electron chi connectivity index (χ2n) is 7.67. The van der Waals surface area contributed by atoms with Gasteiger partial charge in [-0.05, 0) is 29.7 Å². The van der Waals surface area contributed by atoms with Gasteiger partial charge < -0.3 is 19.6 Å². The quantitative estimate of drug-likeness (QED) is 0.597. The minimum absolute atomic E-state index is 0.0316. The van der Waals surface area contributed by atoms with Crippen molar-refractivity contribution in [2.24, 2.45) is 0 Å². The van der Waals surface area contributed by atoms with E-state index in [2.05, 4.69) is 0 Å². The van der Waals surface area contributed by atoms with E-state index in [1.807, 2.05) is 6.07 Å². The molecule has 1 aliphatic heterocycles. The molecule has 0 aromatic heterocycles. The molecule has 0 atom stereocenters. The summed E-state index contributed by atoms with van der Waals surface area (Å²) in [4.78, 5) is 28.1. The van der Waals surface area contributed by atoms with E-state index < -0.39 is 30.2 Å². The number of halogens is 3. The first-order valence-corrected chi connectivity index (χ1v) is 10.3. The molecule has 1 N–H and O–H groups in total. The number of rotatable bonds is 4. The van der Waals surface area contributed by atoms with E-state index in [1.165, 1.54) is 17.0 Å². The zero-order chi connectivity index (χ0) is 23.6. The van der Waals surface area contributed by atoms with Crippen LogP contribution in [0.1, 0.15) is 15.9 Å². The summed E-state index contributed by atoms with van der Waals surface area (Å²) in [6.45, 7) is 0.787. The van der Waals surface area contributed by atoms with E-state index in [9.17, 15) is 27.9 Å². The minimum atomic E-state index is -4.42. The van der Waals surface area contributed by atoms with Crippen LogP contribution in [0.5, 0.6) is 5.75 Å². The van der Waals surface area contributed by atoms with E-state index in [1.54, 1.807) is 35.2 Å². The number of amides is 1. The molecular formula is C24H21F3N2O4. The highest BCUT2D eigenvalue weighted by atomic mass is 19.4. The molecule has 1 fully saturated rings. The molecule has 0 radical (unpaired) electrons. The number of nitrogens with zero attached hydrogens (tertiary/aromatic N) is 2. The summed E-state index contributed by atoms with van der Waals surface area (Å²) >= 11 is 0. The molecule has 0 aliphatic carbocycles. The molecule has 33 heavy (non-hydrogen) atoms. The topological polar surface area (TPSA) is 70.1 Å². The Balaban J connectivity index is 1.33. The lowest BCUT2D eigenvalue weighted by Gasteiger charge is -2.36. The molecule has 172 valence electrons. The summed E-state index contributed by atoms with van der Waals surface area (Å²) in [6.07, 6.45) is -4.42. The number of hydrogen-bond donors (Lipinski definition) is 1. The van der Waals surface area contributed by atoms with Gasteiger partial charge in [-0.25, -0.2) is 4.79 Å². The molecule has 4 rings (SSSR count). The van der Waals surface area contributed by atoms with Crippen molar-refractivity contribution in [3.63, 3.8) is 0 Å². The summed E-state index contributed by atoms with van der Waals surface area (Å²) in [5, 5.41) is 11.6. The summed E-state index contributed by atoms with van der Waals surface area (Å²) in [7, 11) is 0. The zero-order valence-corrected chi connectivity index (χ0v) is 17.5. The second-order valence-corrected chi connectivity index (χ2v) is 7.67. The van der Waals surface area contributed by atoms with Crippen LogP contribution in [0.15, 0.2) is 60.7 Å². The van der Waals surface area contributed by atoms with Crippen molar-refractivity contribution in [2.75, 3.05) is 37.7 Å². The van der Waals surface area contributed by atoms with Crippen molar-refractivity contribution in [1.29, 1.82) is 0 Å². The van der Waals surface area contributed by atoms with Gasteiger partial charge in [0.15, 0.2) is 6.61 Å². The molecule has 1 saturated heterocycles. The molecule has 0 saturated carbocycles. The number of phenols is 1. The molecule has 3 aromatic carbocycles. The van der Waals surface area contributed by atoms with E-state index in [4.69, 9.17) is 4.74 Å². The Morgan fingerprint density at radius 3 is 2.39 bits per heavy atom. The zero-order valence-electron chi connectivity index (χ0n) is 17.5. The molecule has 1 heterocycles. The van der Waals surface area contributed by atoms with Gasteiger partial charge in [0.2, 0.25) is 0 Å². The molecule has 1 aliphatic rings. The Morgan fingerprint density at radius 2 is 1.67 bits per heavy atom. The fourth-order valence-corrected chi connectivity index (χ4v) is 3.81. The minimum Gasteiger partial charge on any atom is -0.506 e. The predicted molar refractivity (Wildman–Crippen MR) is 116 cm³/mol. The lowest BCUT2D eigenvalue weighted by molar-refractivity contribution is -0.137. The SMILES string of the molecule is O=C(OCC(=O)N1CCN(c2cccc(C(F)(F)F)c2)CC1)c1ccc2ccccc2c1O. The van der Waals surface area contributed by atoms with Crippen molar-refractivity contribution in [1.82, 2.24) is 4.90 Å². The van der Waals surface area contributed by atoms with E-state index in [-0.39, 0.29) is 24.4 Å². The number of alkyl halides is 3. The van der Waals surface area contributed by atoms with Crippen molar-refractivity contribution >= 4 is 28.3 Å². The second kappa shape index (κ2) is 9.01. The number of anilines is 1. The van der Waals surface area contributed by atoms with Gasteiger partial charge in [0.05, 0.1) is 5.56 Å². The summed E-state index contributed by atoms with van der Waals surface area (Å²) in [6, 6.07) is 15.2. The number of benzene rings is 3. The highest BCUT2D eigenvalue weighted by Crippen LogP contribution is 2.32. The Labute approximate surface area is 187 Å². The van der Waals surface area contributed by atoms with Crippen LogP contribution in [0.3, 0.4) is 0 Å². The fourth-order valence-electron chi connectivity index (χ4n) is 3.81. The molecule has 1 amide bonds. The van der Waals surface area contributed by atoms with Gasteiger partial charge in [-0.15, -0.1) is 0 Å².